The number of ether oxygens (including phenoxy) is 2. The van der Waals surface area contributed by atoms with Gasteiger partial charge in [0, 0.05) is 17.6 Å². The molecule has 0 heterocycles. The van der Waals surface area contributed by atoms with Gasteiger partial charge in [0.1, 0.15) is 6.61 Å². The number of nitrogens with one attached hydrogen (secondary N) is 1. The van der Waals surface area contributed by atoms with Gasteiger partial charge in [-0.2, -0.15) is 0 Å². The van der Waals surface area contributed by atoms with Gasteiger partial charge >= 0.3 is 1.43 Å². The van der Waals surface area contributed by atoms with Crippen LogP contribution in [0.25, 0.3) is 0 Å². The molecule has 3 nitrogen and oxygen atoms in total. The summed E-state index contributed by atoms with van der Waals surface area (Å²) in [5, 5.41) is 4.90. The van der Waals surface area contributed by atoms with Crippen LogP contribution in [0.4, 0.5) is 0 Å². The Bertz CT molecular complexity index is 722. The number of hydrogen-bond acceptors (Lipinski definition) is 3. The molecule has 0 radical (unpaired) electrons. The lowest BCUT2D eigenvalue weighted by Crippen LogP contribution is -3.00. The van der Waals surface area contributed by atoms with Crippen molar-refractivity contribution in [2.24, 2.45) is 0 Å². The fourth-order valence-corrected chi connectivity index (χ4v) is 3.67. The molecule has 0 spiro atoms. The first kappa shape index (κ1) is 22.2. The molecule has 6 heteroatoms. The quantitative estimate of drug-likeness (QED) is 0.698. The van der Waals surface area contributed by atoms with Crippen molar-refractivity contribution in [1.29, 1.82) is 0 Å². The molecule has 3 rings (SSSR count). The Balaban J connectivity index is 0.00000196. The van der Waals surface area contributed by atoms with Gasteiger partial charge in [-0.25, -0.2) is 0 Å². The van der Waals surface area contributed by atoms with E-state index in [4.69, 9.17) is 32.7 Å². The van der Waals surface area contributed by atoms with Crippen molar-refractivity contribution >= 4 is 23.2 Å². The molecular formula is C21H26Cl3NO2. The van der Waals surface area contributed by atoms with Crippen LogP contribution in [0.15, 0.2) is 36.4 Å². The molecule has 1 fully saturated rings. The minimum absolute atomic E-state index is 0. The van der Waals surface area contributed by atoms with Crippen molar-refractivity contribution in [1.82, 2.24) is 5.32 Å². The maximum atomic E-state index is 6.50. The van der Waals surface area contributed by atoms with E-state index in [-0.39, 0.29) is 13.8 Å². The van der Waals surface area contributed by atoms with Crippen LogP contribution in [-0.2, 0) is 13.2 Å². The zero-order valence-corrected chi connectivity index (χ0v) is 17.7. The van der Waals surface area contributed by atoms with Gasteiger partial charge in [0.15, 0.2) is 11.5 Å². The Labute approximate surface area is 179 Å². The van der Waals surface area contributed by atoms with Crippen LogP contribution >= 0.6 is 23.2 Å². The predicted molar refractivity (Wildman–Crippen MR) is 109 cm³/mol. The average Bonchev–Trinajstić information content (AvgIpc) is 3.14. The molecule has 2 aromatic rings. The summed E-state index contributed by atoms with van der Waals surface area (Å²) in [4.78, 5) is 0. The second-order valence-electron chi connectivity index (χ2n) is 6.62. The van der Waals surface area contributed by atoms with Crippen LogP contribution in [-0.4, -0.2) is 12.6 Å². The summed E-state index contributed by atoms with van der Waals surface area (Å²) in [6.45, 7) is 3.73. The fourth-order valence-electron chi connectivity index (χ4n) is 3.25. The molecule has 1 N–H and O–H groups in total. The molecule has 1 saturated carbocycles. The largest absolute Gasteiger partial charge is 1.00 e. The molecule has 0 amide bonds. The van der Waals surface area contributed by atoms with Gasteiger partial charge in [-0.15, -0.1) is 0 Å². The maximum absolute atomic E-state index is 6.50. The van der Waals surface area contributed by atoms with Gasteiger partial charge < -0.3 is 27.2 Å². The summed E-state index contributed by atoms with van der Waals surface area (Å²) < 4.78 is 11.7. The minimum Gasteiger partial charge on any atom is -1.00 e. The van der Waals surface area contributed by atoms with E-state index in [1.807, 2.05) is 43.3 Å². The molecule has 0 atom stereocenters. The molecule has 0 saturated heterocycles. The first-order valence-corrected chi connectivity index (χ1v) is 9.97. The third-order valence-corrected chi connectivity index (χ3v) is 5.15. The highest BCUT2D eigenvalue weighted by Gasteiger charge is 2.16. The van der Waals surface area contributed by atoms with Crippen LogP contribution in [0.5, 0.6) is 11.5 Å². The van der Waals surface area contributed by atoms with E-state index in [1.54, 1.807) is 0 Å². The van der Waals surface area contributed by atoms with E-state index in [2.05, 4.69) is 5.32 Å². The normalized spacial score (nSPS) is 14.0. The molecule has 0 aliphatic heterocycles. The van der Waals surface area contributed by atoms with E-state index in [9.17, 15) is 0 Å². The lowest BCUT2D eigenvalue weighted by molar-refractivity contribution is -0.00000597. The summed E-state index contributed by atoms with van der Waals surface area (Å²) >= 11 is 12.4. The van der Waals surface area contributed by atoms with Gasteiger partial charge in [-0.3, -0.25) is 0 Å². The van der Waals surface area contributed by atoms with Crippen LogP contribution in [0.3, 0.4) is 0 Å². The molecule has 27 heavy (non-hydrogen) atoms. The highest BCUT2D eigenvalue weighted by atomic mass is 35.5. The summed E-state index contributed by atoms with van der Waals surface area (Å²) in [7, 11) is 0. The van der Waals surface area contributed by atoms with E-state index in [0.29, 0.717) is 40.8 Å². The van der Waals surface area contributed by atoms with E-state index in [0.717, 1.165) is 17.7 Å². The number of benzene rings is 2. The summed E-state index contributed by atoms with van der Waals surface area (Å²) in [5.41, 5.74) is 2.14. The smallest absolute Gasteiger partial charge is 1.00 e. The van der Waals surface area contributed by atoms with Gasteiger partial charge in [-0.05, 0) is 55.2 Å². The van der Waals surface area contributed by atoms with E-state index in [1.165, 1.54) is 25.7 Å². The molecule has 148 valence electrons. The molecular weight excluding hydrogens is 405 g/mol. The SMILES string of the molecule is CCOc1cc(CNC2CCCC2)cc(Cl)c1OCc1ccc(Cl)cc1.[Cl-].[H+]. The Morgan fingerprint density at radius 3 is 2.41 bits per heavy atom. The van der Waals surface area contributed by atoms with Crippen LogP contribution < -0.4 is 27.2 Å². The van der Waals surface area contributed by atoms with Gasteiger partial charge in [0.2, 0.25) is 0 Å². The summed E-state index contributed by atoms with van der Waals surface area (Å²) in [5.74, 6) is 1.28. The topological polar surface area (TPSA) is 30.5 Å². The van der Waals surface area contributed by atoms with Gasteiger partial charge in [0.05, 0.1) is 11.6 Å². The monoisotopic (exact) mass is 429 g/mol. The molecule has 0 aromatic heterocycles. The Kier molecular flexibility index (Phi) is 9.04. The zero-order valence-electron chi connectivity index (χ0n) is 16.4. The highest BCUT2D eigenvalue weighted by molar-refractivity contribution is 6.32. The zero-order chi connectivity index (χ0) is 18.4. The maximum Gasteiger partial charge on any atom is 1.00 e. The van der Waals surface area contributed by atoms with Crippen molar-refractivity contribution in [3.63, 3.8) is 0 Å². The van der Waals surface area contributed by atoms with Crippen molar-refractivity contribution < 1.29 is 23.3 Å². The Morgan fingerprint density at radius 1 is 1.04 bits per heavy atom. The molecule has 1 aliphatic rings. The summed E-state index contributed by atoms with van der Waals surface area (Å²) in [6.07, 6.45) is 5.16. The second-order valence-corrected chi connectivity index (χ2v) is 7.46. The molecule has 2 aromatic carbocycles. The van der Waals surface area contributed by atoms with Gasteiger partial charge in [-0.1, -0.05) is 48.2 Å². The molecule has 0 bridgehead atoms. The predicted octanol–water partition coefficient (Wildman–Crippen LogP) is 3.12. The first-order chi connectivity index (χ1) is 12.7. The number of rotatable bonds is 8. The van der Waals surface area contributed by atoms with Crippen molar-refractivity contribution in [2.75, 3.05) is 6.61 Å². The minimum atomic E-state index is 0. The molecule has 1 aliphatic carbocycles. The second kappa shape index (κ2) is 11.0. The number of halogens is 3. The Hall–Kier alpha value is -1.13. The lowest BCUT2D eigenvalue weighted by atomic mass is 10.1. The molecule has 0 unspecified atom stereocenters. The number of hydrogen-bond donors (Lipinski definition) is 1. The van der Waals surface area contributed by atoms with Gasteiger partial charge in [0.25, 0.3) is 0 Å². The highest BCUT2D eigenvalue weighted by Crippen LogP contribution is 2.37. The third-order valence-electron chi connectivity index (χ3n) is 4.62. The van der Waals surface area contributed by atoms with E-state index < -0.39 is 0 Å². The first-order valence-electron chi connectivity index (χ1n) is 9.21. The lowest BCUT2D eigenvalue weighted by Gasteiger charge is -2.17. The summed E-state index contributed by atoms with van der Waals surface area (Å²) in [6, 6.07) is 12.2. The average molecular weight is 431 g/mol. The van der Waals surface area contributed by atoms with Crippen molar-refractivity contribution in [3.05, 3.63) is 57.6 Å². The van der Waals surface area contributed by atoms with E-state index >= 15 is 0 Å². The Morgan fingerprint density at radius 2 is 1.74 bits per heavy atom. The standard InChI is InChI=1S/C21H25Cl2NO2.ClH/c1-2-25-20-12-16(13-24-18-5-3-4-6-18)11-19(23)21(20)26-14-15-7-9-17(22)10-8-15;/h7-12,18,24H,2-6,13-14H2,1H3;1H. The fraction of sp³-hybridized carbons (Fsp3) is 0.429. The van der Waals surface area contributed by atoms with Crippen molar-refractivity contribution in [2.45, 2.75) is 51.8 Å². The van der Waals surface area contributed by atoms with Crippen LogP contribution in [0.1, 0.15) is 45.2 Å². The van der Waals surface area contributed by atoms with Crippen LogP contribution in [0.2, 0.25) is 10.0 Å². The van der Waals surface area contributed by atoms with Crippen molar-refractivity contribution in [3.8, 4) is 11.5 Å². The van der Waals surface area contributed by atoms with Crippen LogP contribution in [0, 0.1) is 0 Å². The third kappa shape index (κ3) is 6.46.